The summed E-state index contributed by atoms with van der Waals surface area (Å²) in [5.41, 5.74) is 0.665. The van der Waals surface area contributed by atoms with E-state index < -0.39 is 0 Å². The molecule has 0 aliphatic heterocycles. The number of nitrogens with one attached hydrogen (secondary N) is 2. The second kappa shape index (κ2) is 4.99. The van der Waals surface area contributed by atoms with Gasteiger partial charge >= 0.3 is 0 Å². The van der Waals surface area contributed by atoms with E-state index in [-0.39, 0.29) is 11.6 Å². The monoisotopic (exact) mass is 275 g/mol. The summed E-state index contributed by atoms with van der Waals surface area (Å²) in [5, 5.41) is 5.13. The van der Waals surface area contributed by atoms with Gasteiger partial charge in [0.05, 0.1) is 24.4 Å². The first kappa shape index (κ1) is 12.1. The molecule has 0 aliphatic carbocycles. The van der Waals surface area contributed by atoms with Gasteiger partial charge in [-0.05, 0) is 30.5 Å². The molecule has 0 aromatic carbocycles. The van der Waals surface area contributed by atoms with Crippen LogP contribution >= 0.6 is 11.3 Å². The van der Waals surface area contributed by atoms with E-state index >= 15 is 0 Å². The quantitative estimate of drug-likeness (QED) is 0.767. The summed E-state index contributed by atoms with van der Waals surface area (Å²) in [6.45, 7) is 2.49. The molecule has 0 bridgehead atoms. The van der Waals surface area contributed by atoms with Crippen molar-refractivity contribution in [3.63, 3.8) is 0 Å². The van der Waals surface area contributed by atoms with Crippen molar-refractivity contribution in [1.82, 2.24) is 15.3 Å². The summed E-state index contributed by atoms with van der Waals surface area (Å²) >= 11 is 1.40. The van der Waals surface area contributed by atoms with E-state index in [1.807, 2.05) is 30.5 Å². The maximum absolute atomic E-state index is 11.8. The molecule has 0 saturated heterocycles. The Labute approximate surface area is 113 Å². The van der Waals surface area contributed by atoms with Gasteiger partial charge in [-0.25, -0.2) is 4.98 Å². The van der Waals surface area contributed by atoms with E-state index in [0.29, 0.717) is 17.1 Å². The second-order valence-corrected chi connectivity index (χ2v) is 5.18. The van der Waals surface area contributed by atoms with Gasteiger partial charge in [-0.15, -0.1) is 11.3 Å². The molecule has 0 spiro atoms. The average Bonchev–Trinajstić information content (AvgIpc) is 3.06. The molecule has 3 aromatic rings. The van der Waals surface area contributed by atoms with Crippen LogP contribution in [0.15, 0.2) is 39.1 Å². The predicted octanol–water partition coefficient (Wildman–Crippen LogP) is 2.43. The first-order chi connectivity index (χ1) is 9.24. The third kappa shape index (κ3) is 2.45. The molecule has 3 heterocycles. The highest BCUT2D eigenvalue weighted by molar-refractivity contribution is 7.17. The van der Waals surface area contributed by atoms with Crippen molar-refractivity contribution < 1.29 is 4.42 Å². The summed E-state index contributed by atoms with van der Waals surface area (Å²) in [6, 6.07) is 5.69. The Hall–Kier alpha value is -1.92. The molecular formula is C13H13N3O2S. The number of aromatic amines is 1. The van der Waals surface area contributed by atoms with Crippen molar-refractivity contribution in [2.24, 2.45) is 0 Å². The highest BCUT2D eigenvalue weighted by Crippen LogP contribution is 2.15. The number of furan rings is 1. The van der Waals surface area contributed by atoms with Gasteiger partial charge in [-0.1, -0.05) is 0 Å². The minimum Gasteiger partial charge on any atom is -0.468 e. The van der Waals surface area contributed by atoms with Crippen LogP contribution in [-0.4, -0.2) is 9.97 Å². The Morgan fingerprint density at radius 2 is 2.42 bits per heavy atom. The summed E-state index contributed by atoms with van der Waals surface area (Å²) in [7, 11) is 0. The zero-order valence-electron chi connectivity index (χ0n) is 10.3. The van der Waals surface area contributed by atoms with Crippen LogP contribution in [0.3, 0.4) is 0 Å². The molecule has 6 heteroatoms. The molecule has 0 amide bonds. The van der Waals surface area contributed by atoms with Crippen LogP contribution in [-0.2, 0) is 6.54 Å². The maximum Gasteiger partial charge on any atom is 0.268 e. The number of rotatable bonds is 4. The van der Waals surface area contributed by atoms with Crippen LogP contribution in [0.4, 0.5) is 0 Å². The number of hydrogen-bond acceptors (Lipinski definition) is 5. The summed E-state index contributed by atoms with van der Waals surface area (Å²) < 4.78 is 5.98. The Kier molecular flexibility index (Phi) is 3.18. The molecule has 3 aromatic heterocycles. The topological polar surface area (TPSA) is 70.9 Å². The van der Waals surface area contributed by atoms with Crippen molar-refractivity contribution in [1.29, 1.82) is 0 Å². The van der Waals surface area contributed by atoms with Crippen LogP contribution in [0, 0.1) is 0 Å². The van der Waals surface area contributed by atoms with Crippen molar-refractivity contribution in [2.75, 3.05) is 0 Å². The fraction of sp³-hybridized carbons (Fsp3) is 0.231. The maximum atomic E-state index is 11.8. The van der Waals surface area contributed by atoms with Gasteiger partial charge < -0.3 is 14.7 Å². The van der Waals surface area contributed by atoms with E-state index in [0.717, 1.165) is 11.3 Å². The standard InChI is InChI=1S/C13H13N3O2S/c1-8(10-3-2-5-18-10)14-7-11-15-9-4-6-19-12(9)13(17)16-11/h2-6,8,14H,7H2,1H3,(H,15,16,17). The lowest BCUT2D eigenvalue weighted by molar-refractivity contribution is 0.427. The largest absolute Gasteiger partial charge is 0.468 e. The highest BCUT2D eigenvalue weighted by Gasteiger charge is 2.09. The normalized spacial score (nSPS) is 12.9. The molecule has 0 fully saturated rings. The van der Waals surface area contributed by atoms with Gasteiger partial charge in [-0.2, -0.15) is 0 Å². The van der Waals surface area contributed by atoms with Gasteiger partial charge in [0, 0.05) is 0 Å². The third-order valence-corrected chi connectivity index (χ3v) is 3.81. The minimum absolute atomic E-state index is 0.0680. The fourth-order valence-electron chi connectivity index (χ4n) is 1.89. The van der Waals surface area contributed by atoms with Gasteiger partial charge in [0.2, 0.25) is 0 Å². The van der Waals surface area contributed by atoms with Crippen LogP contribution in [0.1, 0.15) is 24.6 Å². The number of aromatic nitrogens is 2. The zero-order chi connectivity index (χ0) is 13.2. The van der Waals surface area contributed by atoms with E-state index in [2.05, 4.69) is 15.3 Å². The Bertz CT molecular complexity index is 730. The number of hydrogen-bond donors (Lipinski definition) is 2. The molecule has 98 valence electrons. The summed E-state index contributed by atoms with van der Waals surface area (Å²) in [5.74, 6) is 1.49. The predicted molar refractivity (Wildman–Crippen MR) is 74.2 cm³/mol. The lowest BCUT2D eigenvalue weighted by Gasteiger charge is -2.10. The molecule has 1 atom stereocenters. The van der Waals surface area contributed by atoms with Gasteiger partial charge in [0.15, 0.2) is 0 Å². The molecule has 1 unspecified atom stereocenters. The molecule has 5 nitrogen and oxygen atoms in total. The Morgan fingerprint density at radius 1 is 1.53 bits per heavy atom. The van der Waals surface area contributed by atoms with E-state index in [9.17, 15) is 4.79 Å². The lowest BCUT2D eigenvalue weighted by Crippen LogP contribution is -2.21. The first-order valence-electron chi connectivity index (χ1n) is 5.97. The lowest BCUT2D eigenvalue weighted by atomic mass is 10.2. The number of nitrogens with zero attached hydrogens (tertiary/aromatic N) is 1. The first-order valence-corrected chi connectivity index (χ1v) is 6.85. The zero-order valence-corrected chi connectivity index (χ0v) is 11.2. The van der Waals surface area contributed by atoms with Crippen molar-refractivity contribution >= 4 is 21.6 Å². The number of fused-ring (bicyclic) bond motifs is 1. The van der Waals surface area contributed by atoms with Crippen LogP contribution in [0.2, 0.25) is 0 Å². The fourth-order valence-corrected chi connectivity index (χ4v) is 2.62. The minimum atomic E-state index is -0.0811. The Morgan fingerprint density at radius 3 is 3.21 bits per heavy atom. The van der Waals surface area contributed by atoms with Crippen LogP contribution in [0.25, 0.3) is 10.2 Å². The molecule has 19 heavy (non-hydrogen) atoms. The van der Waals surface area contributed by atoms with Gasteiger partial charge in [0.25, 0.3) is 5.56 Å². The third-order valence-electron chi connectivity index (χ3n) is 2.91. The average molecular weight is 275 g/mol. The smallest absolute Gasteiger partial charge is 0.268 e. The molecule has 0 saturated carbocycles. The van der Waals surface area contributed by atoms with Crippen molar-refractivity contribution in [3.8, 4) is 0 Å². The van der Waals surface area contributed by atoms with Crippen molar-refractivity contribution in [2.45, 2.75) is 19.5 Å². The molecule has 0 aliphatic rings. The SMILES string of the molecule is CC(NCc1nc2ccsc2c(=O)[nH]1)c1ccco1. The van der Waals surface area contributed by atoms with Crippen molar-refractivity contribution in [3.05, 3.63) is 51.8 Å². The molecule has 2 N–H and O–H groups in total. The van der Waals surface area contributed by atoms with E-state index in [1.165, 1.54) is 11.3 Å². The Balaban J connectivity index is 1.76. The molecule has 0 radical (unpaired) electrons. The van der Waals surface area contributed by atoms with E-state index in [1.54, 1.807) is 6.26 Å². The summed E-state index contributed by atoms with van der Waals surface area (Å²) in [4.78, 5) is 19.0. The molecule has 3 rings (SSSR count). The summed E-state index contributed by atoms with van der Waals surface area (Å²) in [6.07, 6.45) is 1.64. The molecular weight excluding hydrogens is 262 g/mol. The van der Waals surface area contributed by atoms with Crippen LogP contribution < -0.4 is 10.9 Å². The van der Waals surface area contributed by atoms with Gasteiger partial charge in [0.1, 0.15) is 16.3 Å². The number of H-pyrrole nitrogens is 1. The van der Waals surface area contributed by atoms with E-state index in [4.69, 9.17) is 4.42 Å². The second-order valence-electron chi connectivity index (χ2n) is 4.27. The number of thiophene rings is 1. The highest BCUT2D eigenvalue weighted by atomic mass is 32.1. The van der Waals surface area contributed by atoms with Crippen LogP contribution in [0.5, 0.6) is 0 Å². The van der Waals surface area contributed by atoms with Gasteiger partial charge in [-0.3, -0.25) is 4.79 Å².